The first kappa shape index (κ1) is 15.1. The molecule has 23 heavy (non-hydrogen) atoms. The fourth-order valence-electron chi connectivity index (χ4n) is 3.68. The third-order valence-electron chi connectivity index (χ3n) is 5.00. The van der Waals surface area contributed by atoms with E-state index in [2.05, 4.69) is 15.1 Å². The molecular weight excluding hydrogens is 317 g/mol. The zero-order valence-corrected chi connectivity index (χ0v) is 13.6. The zero-order chi connectivity index (χ0) is 15.9. The first-order valence-electron chi connectivity index (χ1n) is 7.99. The molecule has 2 aromatic rings. The van der Waals surface area contributed by atoms with E-state index in [1.165, 1.54) is 17.7 Å². The highest BCUT2D eigenvalue weighted by Crippen LogP contribution is 2.40. The molecule has 4 rings (SSSR count). The molecule has 1 aromatic carbocycles. The van der Waals surface area contributed by atoms with Gasteiger partial charge in [-0.2, -0.15) is 5.10 Å². The van der Waals surface area contributed by atoms with Crippen molar-refractivity contribution < 1.29 is 9.13 Å². The van der Waals surface area contributed by atoms with Gasteiger partial charge in [-0.1, -0.05) is 17.7 Å². The van der Waals surface area contributed by atoms with Crippen molar-refractivity contribution in [2.45, 2.75) is 31.4 Å². The molecule has 4 nitrogen and oxygen atoms in total. The number of aromatic amines is 1. The van der Waals surface area contributed by atoms with Gasteiger partial charge in [0, 0.05) is 24.7 Å². The van der Waals surface area contributed by atoms with Gasteiger partial charge in [-0.25, -0.2) is 4.39 Å². The average molecular weight is 336 g/mol. The summed E-state index contributed by atoms with van der Waals surface area (Å²) in [6, 6.07) is 4.61. The van der Waals surface area contributed by atoms with Crippen molar-refractivity contribution in [3.8, 4) is 0 Å². The van der Waals surface area contributed by atoms with Crippen LogP contribution in [0.1, 0.15) is 29.7 Å². The maximum absolute atomic E-state index is 13.2. The van der Waals surface area contributed by atoms with E-state index in [1.807, 2.05) is 6.20 Å². The van der Waals surface area contributed by atoms with E-state index in [9.17, 15) is 4.39 Å². The number of hydrogen-bond acceptors (Lipinski definition) is 3. The molecule has 2 aliphatic heterocycles. The molecule has 2 aliphatic rings. The molecule has 6 heteroatoms. The van der Waals surface area contributed by atoms with Gasteiger partial charge in [0.2, 0.25) is 0 Å². The largest absolute Gasteiger partial charge is 0.368 e. The van der Waals surface area contributed by atoms with Crippen LogP contribution in [0.15, 0.2) is 24.4 Å². The number of benzene rings is 1. The van der Waals surface area contributed by atoms with Crippen molar-refractivity contribution in [2.75, 3.05) is 19.7 Å². The van der Waals surface area contributed by atoms with Crippen LogP contribution in [0.25, 0.3) is 0 Å². The molecule has 122 valence electrons. The molecule has 0 aliphatic carbocycles. The van der Waals surface area contributed by atoms with Crippen molar-refractivity contribution in [3.05, 3.63) is 52.1 Å². The molecule has 3 heterocycles. The van der Waals surface area contributed by atoms with E-state index in [-0.39, 0.29) is 11.4 Å². The monoisotopic (exact) mass is 335 g/mol. The standard InChI is InChI=1S/C17H19ClFN3O/c18-15-9-14(19)2-1-13(15)11-22-6-4-17(5-7-22)16-12(3-8-23-17)10-20-21-16/h1-2,9-10H,3-8,11H2,(H,20,21). The second kappa shape index (κ2) is 5.89. The van der Waals surface area contributed by atoms with Gasteiger partial charge >= 0.3 is 0 Å². The minimum absolute atomic E-state index is 0.215. The van der Waals surface area contributed by atoms with E-state index in [4.69, 9.17) is 16.3 Å². The Kier molecular flexibility index (Phi) is 3.87. The normalized spacial score (nSPS) is 20.6. The molecule has 0 unspecified atom stereocenters. The maximum atomic E-state index is 13.2. The van der Waals surface area contributed by atoms with Crippen LogP contribution < -0.4 is 0 Å². The van der Waals surface area contributed by atoms with Crippen LogP contribution in [0.4, 0.5) is 4.39 Å². The number of H-pyrrole nitrogens is 1. The Labute approximate surface area is 139 Å². The van der Waals surface area contributed by atoms with Crippen LogP contribution in [0.5, 0.6) is 0 Å². The molecule has 0 atom stereocenters. The summed E-state index contributed by atoms with van der Waals surface area (Å²) in [6.45, 7) is 3.35. The summed E-state index contributed by atoms with van der Waals surface area (Å²) in [5.74, 6) is -0.293. The lowest BCUT2D eigenvalue weighted by molar-refractivity contribution is -0.102. The van der Waals surface area contributed by atoms with E-state index < -0.39 is 0 Å². The van der Waals surface area contributed by atoms with E-state index in [1.54, 1.807) is 6.07 Å². The van der Waals surface area contributed by atoms with Gasteiger partial charge in [0.15, 0.2) is 0 Å². The SMILES string of the molecule is Fc1ccc(CN2CCC3(CC2)OCCc2cn[nH]c23)c(Cl)c1. The Morgan fingerprint density at radius 2 is 2.17 bits per heavy atom. The molecule has 0 saturated carbocycles. The fourth-order valence-corrected chi connectivity index (χ4v) is 3.91. The number of likely N-dealkylation sites (tertiary alicyclic amines) is 1. The lowest BCUT2D eigenvalue weighted by Gasteiger charge is -2.43. The van der Waals surface area contributed by atoms with Crippen molar-refractivity contribution in [2.24, 2.45) is 0 Å². The molecule has 0 amide bonds. The molecular formula is C17H19ClFN3O. The lowest BCUT2D eigenvalue weighted by atomic mass is 9.83. The predicted octanol–water partition coefficient (Wildman–Crippen LogP) is 3.27. The number of fused-ring (bicyclic) bond motifs is 2. The van der Waals surface area contributed by atoms with Gasteiger partial charge in [-0.3, -0.25) is 10.00 Å². The Hall–Kier alpha value is -1.43. The van der Waals surface area contributed by atoms with E-state index in [0.717, 1.165) is 56.8 Å². The smallest absolute Gasteiger partial charge is 0.124 e. The summed E-state index contributed by atoms with van der Waals surface area (Å²) in [7, 11) is 0. The Bertz CT molecular complexity index is 710. The highest BCUT2D eigenvalue weighted by Gasteiger charge is 2.42. The molecule has 0 radical (unpaired) electrons. The minimum atomic E-state index is -0.293. The number of nitrogens with zero attached hydrogens (tertiary/aromatic N) is 2. The number of ether oxygens (including phenoxy) is 1. The fraction of sp³-hybridized carbons (Fsp3) is 0.471. The van der Waals surface area contributed by atoms with Crippen LogP contribution in [0.3, 0.4) is 0 Å². The van der Waals surface area contributed by atoms with Crippen molar-refractivity contribution >= 4 is 11.6 Å². The van der Waals surface area contributed by atoms with Gasteiger partial charge in [0.1, 0.15) is 11.4 Å². The van der Waals surface area contributed by atoms with E-state index >= 15 is 0 Å². The molecule has 1 aromatic heterocycles. The van der Waals surface area contributed by atoms with Gasteiger partial charge in [0.05, 0.1) is 18.5 Å². The van der Waals surface area contributed by atoms with Crippen LogP contribution in [0, 0.1) is 5.82 Å². The van der Waals surface area contributed by atoms with Crippen LogP contribution in [0.2, 0.25) is 5.02 Å². The highest BCUT2D eigenvalue weighted by molar-refractivity contribution is 6.31. The topological polar surface area (TPSA) is 41.1 Å². The molecule has 0 bridgehead atoms. The maximum Gasteiger partial charge on any atom is 0.124 e. The number of piperidine rings is 1. The summed E-state index contributed by atoms with van der Waals surface area (Å²) < 4.78 is 19.3. The third kappa shape index (κ3) is 2.77. The Morgan fingerprint density at radius 1 is 1.35 bits per heavy atom. The summed E-state index contributed by atoms with van der Waals surface area (Å²) in [6.07, 6.45) is 4.72. The summed E-state index contributed by atoms with van der Waals surface area (Å²) in [4.78, 5) is 2.35. The Morgan fingerprint density at radius 3 is 2.96 bits per heavy atom. The van der Waals surface area contributed by atoms with Crippen molar-refractivity contribution in [3.63, 3.8) is 0 Å². The van der Waals surface area contributed by atoms with Crippen molar-refractivity contribution in [1.29, 1.82) is 0 Å². The number of rotatable bonds is 2. The minimum Gasteiger partial charge on any atom is -0.368 e. The summed E-state index contributed by atoms with van der Waals surface area (Å²) in [5, 5.41) is 7.83. The van der Waals surface area contributed by atoms with Gasteiger partial charge in [-0.05, 0) is 42.5 Å². The Balaban J connectivity index is 1.46. The van der Waals surface area contributed by atoms with Crippen LogP contribution >= 0.6 is 11.6 Å². The summed E-state index contributed by atoms with van der Waals surface area (Å²) >= 11 is 6.14. The van der Waals surface area contributed by atoms with E-state index in [0.29, 0.717) is 5.02 Å². The lowest BCUT2D eigenvalue weighted by Crippen LogP contribution is -2.46. The second-order valence-corrected chi connectivity index (χ2v) is 6.78. The predicted molar refractivity (Wildman–Crippen MR) is 85.8 cm³/mol. The second-order valence-electron chi connectivity index (χ2n) is 6.37. The quantitative estimate of drug-likeness (QED) is 0.915. The first-order chi connectivity index (χ1) is 11.2. The molecule has 1 fully saturated rings. The third-order valence-corrected chi connectivity index (χ3v) is 5.35. The van der Waals surface area contributed by atoms with Crippen LogP contribution in [-0.4, -0.2) is 34.8 Å². The highest BCUT2D eigenvalue weighted by atomic mass is 35.5. The average Bonchev–Trinajstić information content (AvgIpc) is 3.03. The van der Waals surface area contributed by atoms with Crippen molar-refractivity contribution in [1.82, 2.24) is 15.1 Å². The van der Waals surface area contributed by atoms with Gasteiger partial charge in [-0.15, -0.1) is 0 Å². The first-order valence-corrected chi connectivity index (χ1v) is 8.37. The zero-order valence-electron chi connectivity index (χ0n) is 12.8. The molecule has 1 spiro atoms. The number of halogens is 2. The molecule has 1 N–H and O–H groups in total. The number of aromatic nitrogens is 2. The molecule has 1 saturated heterocycles. The number of hydrogen-bond donors (Lipinski definition) is 1. The van der Waals surface area contributed by atoms with Gasteiger partial charge < -0.3 is 4.74 Å². The number of nitrogens with one attached hydrogen (secondary N) is 1. The van der Waals surface area contributed by atoms with Crippen LogP contribution in [-0.2, 0) is 23.3 Å². The van der Waals surface area contributed by atoms with Gasteiger partial charge in [0.25, 0.3) is 0 Å². The summed E-state index contributed by atoms with van der Waals surface area (Å²) in [5.41, 5.74) is 3.19.